The molecular formula is C20H15F3N2O2. The number of rotatable bonds is 2. The molecule has 0 radical (unpaired) electrons. The van der Waals surface area contributed by atoms with E-state index in [9.17, 15) is 18.0 Å². The second-order valence-corrected chi connectivity index (χ2v) is 6.31. The highest BCUT2D eigenvalue weighted by atomic mass is 19.4. The molecule has 0 amide bonds. The Bertz CT molecular complexity index is 1110. The van der Waals surface area contributed by atoms with E-state index in [4.69, 9.17) is 4.74 Å². The van der Waals surface area contributed by atoms with Crippen molar-refractivity contribution in [2.45, 2.75) is 19.1 Å². The number of hydrogen-bond donors (Lipinski definition) is 0. The predicted molar refractivity (Wildman–Crippen MR) is 96.5 cm³/mol. The number of aromatic nitrogens is 2. The van der Waals surface area contributed by atoms with Crippen molar-refractivity contribution in [1.29, 1.82) is 0 Å². The standard InChI is InChI=1S/C20H15F3N2O2/c1-27-15-5-2-12(3-6-15)10-13-8-9-25-18(13)24-17-11-14(20(21,22)23)4-7-16(17)19(25)26/h2-7,10-11H,8-9H2,1H3/b13-10+. The van der Waals surface area contributed by atoms with Crippen molar-refractivity contribution in [2.75, 3.05) is 7.11 Å². The molecule has 1 aliphatic rings. The molecule has 0 saturated heterocycles. The van der Waals surface area contributed by atoms with Gasteiger partial charge in [0.15, 0.2) is 0 Å². The Morgan fingerprint density at radius 3 is 2.56 bits per heavy atom. The number of alkyl halides is 3. The fourth-order valence-corrected chi connectivity index (χ4v) is 3.23. The first kappa shape index (κ1) is 17.3. The van der Waals surface area contributed by atoms with Gasteiger partial charge in [0.05, 0.1) is 23.6 Å². The lowest BCUT2D eigenvalue weighted by Gasteiger charge is -2.09. The van der Waals surface area contributed by atoms with Gasteiger partial charge in [0.2, 0.25) is 0 Å². The maximum absolute atomic E-state index is 13.0. The van der Waals surface area contributed by atoms with Crippen LogP contribution in [0.3, 0.4) is 0 Å². The van der Waals surface area contributed by atoms with Crippen molar-refractivity contribution < 1.29 is 17.9 Å². The van der Waals surface area contributed by atoms with Crippen molar-refractivity contribution in [3.05, 3.63) is 69.8 Å². The van der Waals surface area contributed by atoms with Crippen LogP contribution in [0, 0.1) is 0 Å². The summed E-state index contributed by atoms with van der Waals surface area (Å²) in [6.45, 7) is 0.458. The molecule has 0 spiro atoms. The van der Waals surface area contributed by atoms with Crippen molar-refractivity contribution in [2.24, 2.45) is 0 Å². The maximum Gasteiger partial charge on any atom is 0.416 e. The molecule has 0 bridgehead atoms. The van der Waals surface area contributed by atoms with Gasteiger partial charge in [-0.3, -0.25) is 9.36 Å². The summed E-state index contributed by atoms with van der Waals surface area (Å²) in [5.74, 6) is 1.15. The Morgan fingerprint density at radius 2 is 1.89 bits per heavy atom. The number of benzene rings is 2. The number of halogens is 3. The molecule has 0 atom stereocenters. The number of allylic oxidation sites excluding steroid dienone is 1. The molecule has 1 aromatic heterocycles. The minimum atomic E-state index is -4.48. The van der Waals surface area contributed by atoms with Crippen molar-refractivity contribution in [1.82, 2.24) is 9.55 Å². The Balaban J connectivity index is 1.83. The van der Waals surface area contributed by atoms with Gasteiger partial charge in [-0.1, -0.05) is 12.1 Å². The highest BCUT2D eigenvalue weighted by molar-refractivity contribution is 5.85. The normalized spacial score (nSPS) is 15.3. The van der Waals surface area contributed by atoms with Gasteiger partial charge in [-0.05, 0) is 54.0 Å². The van der Waals surface area contributed by atoms with Crippen LogP contribution in [-0.2, 0) is 12.7 Å². The van der Waals surface area contributed by atoms with Crippen LogP contribution in [-0.4, -0.2) is 16.7 Å². The second kappa shape index (κ2) is 6.26. The van der Waals surface area contributed by atoms with Gasteiger partial charge in [-0.2, -0.15) is 13.2 Å². The number of fused-ring (bicyclic) bond motifs is 2. The monoisotopic (exact) mass is 372 g/mol. The van der Waals surface area contributed by atoms with Crippen LogP contribution in [0.4, 0.5) is 13.2 Å². The summed E-state index contributed by atoms with van der Waals surface area (Å²) >= 11 is 0. The van der Waals surface area contributed by atoms with Gasteiger partial charge in [0.25, 0.3) is 5.56 Å². The molecule has 0 saturated carbocycles. The third-order valence-corrected chi connectivity index (χ3v) is 4.63. The molecule has 0 unspecified atom stereocenters. The zero-order chi connectivity index (χ0) is 19.2. The average molecular weight is 372 g/mol. The first-order valence-electron chi connectivity index (χ1n) is 8.33. The molecule has 2 heterocycles. The molecule has 2 aromatic carbocycles. The van der Waals surface area contributed by atoms with Gasteiger partial charge in [0, 0.05) is 6.54 Å². The SMILES string of the molecule is COc1ccc(/C=C2\CCn3c2nc2cc(C(F)(F)F)ccc2c3=O)cc1. The highest BCUT2D eigenvalue weighted by Gasteiger charge is 2.31. The van der Waals surface area contributed by atoms with Crippen LogP contribution in [0.15, 0.2) is 47.3 Å². The predicted octanol–water partition coefficient (Wildman–Crippen LogP) is 4.37. The van der Waals surface area contributed by atoms with E-state index in [1.165, 1.54) is 10.6 Å². The van der Waals surface area contributed by atoms with Crippen LogP contribution in [0.25, 0.3) is 22.6 Å². The molecule has 0 fully saturated rings. The second-order valence-electron chi connectivity index (χ2n) is 6.31. The fraction of sp³-hybridized carbons (Fsp3) is 0.200. The summed E-state index contributed by atoms with van der Waals surface area (Å²) in [6.07, 6.45) is -1.99. The van der Waals surface area contributed by atoms with E-state index in [-0.39, 0.29) is 16.5 Å². The van der Waals surface area contributed by atoms with Gasteiger partial charge < -0.3 is 4.74 Å². The lowest BCUT2D eigenvalue weighted by molar-refractivity contribution is -0.137. The first-order valence-corrected chi connectivity index (χ1v) is 8.33. The van der Waals surface area contributed by atoms with Crippen LogP contribution < -0.4 is 10.3 Å². The molecule has 7 heteroatoms. The van der Waals surface area contributed by atoms with E-state index < -0.39 is 11.7 Å². The Hall–Kier alpha value is -3.09. The molecule has 0 aliphatic carbocycles. The lowest BCUT2D eigenvalue weighted by atomic mass is 10.1. The molecule has 0 N–H and O–H groups in total. The largest absolute Gasteiger partial charge is 0.497 e. The van der Waals surface area contributed by atoms with Crippen molar-refractivity contribution in [3.8, 4) is 5.75 Å². The van der Waals surface area contributed by atoms with E-state index in [1.54, 1.807) is 7.11 Å². The van der Waals surface area contributed by atoms with Crippen LogP contribution >= 0.6 is 0 Å². The number of ether oxygens (including phenoxy) is 1. The van der Waals surface area contributed by atoms with E-state index in [2.05, 4.69) is 4.98 Å². The topological polar surface area (TPSA) is 44.1 Å². The molecule has 4 rings (SSSR count). The maximum atomic E-state index is 13.0. The molecular weight excluding hydrogens is 357 g/mol. The summed E-state index contributed by atoms with van der Waals surface area (Å²) in [5, 5.41) is 0.192. The summed E-state index contributed by atoms with van der Waals surface area (Å²) in [5.41, 5.74) is 0.644. The van der Waals surface area contributed by atoms with Gasteiger partial charge in [0.1, 0.15) is 11.6 Å². The fourth-order valence-electron chi connectivity index (χ4n) is 3.23. The molecule has 1 aliphatic heterocycles. The molecule has 4 nitrogen and oxygen atoms in total. The van der Waals surface area contributed by atoms with Gasteiger partial charge in [-0.25, -0.2) is 4.98 Å². The van der Waals surface area contributed by atoms with Gasteiger partial charge >= 0.3 is 6.18 Å². The third-order valence-electron chi connectivity index (χ3n) is 4.63. The summed E-state index contributed by atoms with van der Waals surface area (Å²) in [6, 6.07) is 10.4. The van der Waals surface area contributed by atoms with Crippen LogP contribution in [0.2, 0.25) is 0 Å². The molecule has 3 aromatic rings. The molecule has 138 valence electrons. The van der Waals surface area contributed by atoms with E-state index in [0.29, 0.717) is 18.8 Å². The number of hydrogen-bond acceptors (Lipinski definition) is 3. The summed E-state index contributed by atoms with van der Waals surface area (Å²) in [7, 11) is 1.58. The van der Waals surface area contributed by atoms with Crippen LogP contribution in [0.5, 0.6) is 5.75 Å². The zero-order valence-electron chi connectivity index (χ0n) is 14.4. The zero-order valence-corrected chi connectivity index (χ0v) is 14.4. The number of methoxy groups -OCH3 is 1. The minimum absolute atomic E-state index is 0.0589. The quantitative estimate of drug-likeness (QED) is 0.671. The number of nitrogens with zero attached hydrogens (tertiary/aromatic N) is 2. The Morgan fingerprint density at radius 1 is 1.15 bits per heavy atom. The van der Waals surface area contributed by atoms with E-state index >= 15 is 0 Å². The third kappa shape index (κ3) is 3.09. The summed E-state index contributed by atoms with van der Waals surface area (Å²) < 4.78 is 45.6. The Kier molecular flexibility index (Phi) is 4.02. The smallest absolute Gasteiger partial charge is 0.416 e. The van der Waals surface area contributed by atoms with Crippen LogP contribution in [0.1, 0.15) is 23.4 Å². The average Bonchev–Trinajstić information content (AvgIpc) is 3.04. The van der Waals surface area contributed by atoms with Gasteiger partial charge in [-0.15, -0.1) is 0 Å². The molecule has 27 heavy (non-hydrogen) atoms. The lowest BCUT2D eigenvalue weighted by Crippen LogP contribution is -2.21. The van der Waals surface area contributed by atoms with Crippen molar-refractivity contribution >= 4 is 22.6 Å². The van der Waals surface area contributed by atoms with Crippen molar-refractivity contribution in [3.63, 3.8) is 0 Å². The van der Waals surface area contributed by atoms with E-state index in [1.807, 2.05) is 30.3 Å². The first-order chi connectivity index (χ1) is 12.9. The summed E-state index contributed by atoms with van der Waals surface area (Å²) in [4.78, 5) is 17.0. The highest BCUT2D eigenvalue weighted by Crippen LogP contribution is 2.32. The Labute approximate surface area is 152 Å². The minimum Gasteiger partial charge on any atom is -0.497 e. The van der Waals surface area contributed by atoms with E-state index in [0.717, 1.165) is 29.0 Å².